The summed E-state index contributed by atoms with van der Waals surface area (Å²) in [6, 6.07) is 0.348. The molecule has 0 amide bonds. The van der Waals surface area contributed by atoms with Crippen LogP contribution in [0.15, 0.2) is 12.7 Å². The second kappa shape index (κ2) is 6.30. The summed E-state index contributed by atoms with van der Waals surface area (Å²) in [7, 11) is 0. The summed E-state index contributed by atoms with van der Waals surface area (Å²) in [5.41, 5.74) is 0.847. The molecule has 3 heterocycles. The third-order valence-corrected chi connectivity index (χ3v) is 6.43. The summed E-state index contributed by atoms with van der Waals surface area (Å²) in [5.74, 6) is -1.30. The zero-order chi connectivity index (χ0) is 19.6. The molecule has 8 nitrogen and oxygen atoms in total. The van der Waals surface area contributed by atoms with Crippen molar-refractivity contribution in [2.24, 2.45) is 11.8 Å². The Morgan fingerprint density at radius 1 is 1.18 bits per heavy atom. The first-order valence-electron chi connectivity index (χ1n) is 9.66. The summed E-state index contributed by atoms with van der Waals surface area (Å²) < 4.78 is 34.1. The molecule has 2 aliphatic carbocycles. The van der Waals surface area contributed by atoms with E-state index >= 15 is 0 Å². The third kappa shape index (κ3) is 2.77. The molecule has 3 unspecified atom stereocenters. The van der Waals surface area contributed by atoms with Crippen molar-refractivity contribution in [1.82, 2.24) is 19.5 Å². The third-order valence-electron chi connectivity index (χ3n) is 6.43. The molecule has 3 fully saturated rings. The first-order valence-corrected chi connectivity index (χ1v) is 9.66. The molecule has 0 aromatic carbocycles. The molecule has 2 saturated carbocycles. The minimum absolute atomic E-state index is 0.348. The number of imidazole rings is 1. The summed E-state index contributed by atoms with van der Waals surface area (Å²) in [5, 5.41) is 23.8. The van der Waals surface area contributed by atoms with Gasteiger partial charge in [0, 0.05) is 13.0 Å². The van der Waals surface area contributed by atoms with Gasteiger partial charge < -0.3 is 20.3 Å². The molecule has 3 aliphatic rings. The Balaban J connectivity index is 1.44. The number of aliphatic hydroxyl groups is 2. The van der Waals surface area contributed by atoms with Crippen molar-refractivity contribution >= 4 is 17.0 Å². The van der Waals surface area contributed by atoms with Crippen LogP contribution in [0.3, 0.4) is 0 Å². The summed E-state index contributed by atoms with van der Waals surface area (Å²) in [4.78, 5) is 12.8. The molecule has 2 bridgehead atoms. The molecule has 152 valence electrons. The van der Waals surface area contributed by atoms with Gasteiger partial charge in [0.25, 0.3) is 5.92 Å². The molecular weight excluding hydrogens is 372 g/mol. The van der Waals surface area contributed by atoms with E-state index in [0.717, 1.165) is 12.3 Å². The zero-order valence-corrected chi connectivity index (χ0v) is 15.4. The van der Waals surface area contributed by atoms with Gasteiger partial charge in [-0.15, -0.1) is 0 Å². The highest BCUT2D eigenvalue weighted by Crippen LogP contribution is 2.46. The Morgan fingerprint density at radius 3 is 2.64 bits per heavy atom. The normalized spacial score (nSPS) is 37.8. The highest BCUT2D eigenvalue weighted by molar-refractivity contribution is 5.82. The number of nitrogens with one attached hydrogen (secondary N) is 1. The van der Waals surface area contributed by atoms with Gasteiger partial charge in [0.2, 0.25) is 0 Å². The van der Waals surface area contributed by atoms with Crippen LogP contribution in [0.2, 0.25) is 0 Å². The van der Waals surface area contributed by atoms with Gasteiger partial charge in [-0.05, 0) is 31.1 Å². The monoisotopic (exact) mass is 395 g/mol. The van der Waals surface area contributed by atoms with Gasteiger partial charge in [0.05, 0.1) is 6.33 Å². The van der Waals surface area contributed by atoms with Crippen molar-refractivity contribution in [3.63, 3.8) is 0 Å². The van der Waals surface area contributed by atoms with E-state index in [9.17, 15) is 19.0 Å². The number of aliphatic hydroxyl groups excluding tert-OH is 2. The quantitative estimate of drug-likeness (QED) is 0.724. The zero-order valence-electron chi connectivity index (χ0n) is 15.4. The van der Waals surface area contributed by atoms with E-state index in [0.29, 0.717) is 35.9 Å². The van der Waals surface area contributed by atoms with Crippen LogP contribution in [0.1, 0.15) is 38.8 Å². The lowest BCUT2D eigenvalue weighted by atomic mass is 9.95. The average molecular weight is 395 g/mol. The summed E-state index contributed by atoms with van der Waals surface area (Å²) in [6.07, 6.45) is 1.37. The van der Waals surface area contributed by atoms with Gasteiger partial charge >= 0.3 is 0 Å². The maximum Gasteiger partial charge on any atom is 0.273 e. The summed E-state index contributed by atoms with van der Waals surface area (Å²) >= 11 is 0. The second-order valence-corrected chi connectivity index (χ2v) is 8.36. The SMILES string of the molecule is CC(F)(F)[C@H]1O[C@@H](n2cnc3c(NC4CC5CCC4C5)ncnc32)[C@H](O)[C@@H]1O. The number of fused-ring (bicyclic) bond motifs is 3. The number of halogens is 2. The second-order valence-electron chi connectivity index (χ2n) is 8.36. The maximum absolute atomic E-state index is 13.7. The molecule has 5 rings (SSSR count). The van der Waals surface area contributed by atoms with Crippen molar-refractivity contribution in [3.8, 4) is 0 Å². The van der Waals surface area contributed by atoms with Crippen molar-refractivity contribution in [2.75, 3.05) is 5.32 Å². The maximum atomic E-state index is 13.7. The highest BCUT2D eigenvalue weighted by Gasteiger charge is 2.53. The van der Waals surface area contributed by atoms with Crippen molar-refractivity contribution in [3.05, 3.63) is 12.7 Å². The molecule has 0 spiro atoms. The van der Waals surface area contributed by atoms with Gasteiger partial charge in [-0.25, -0.2) is 23.7 Å². The molecule has 10 heteroatoms. The van der Waals surface area contributed by atoms with Crippen LogP contribution in [-0.2, 0) is 4.74 Å². The fourth-order valence-electron chi connectivity index (χ4n) is 5.05. The van der Waals surface area contributed by atoms with E-state index in [4.69, 9.17) is 4.74 Å². The van der Waals surface area contributed by atoms with Crippen molar-refractivity contribution in [2.45, 2.75) is 69.1 Å². The molecule has 2 aromatic rings. The number of ether oxygens (including phenoxy) is 1. The van der Waals surface area contributed by atoms with Gasteiger partial charge in [0.15, 0.2) is 29.3 Å². The van der Waals surface area contributed by atoms with Gasteiger partial charge in [-0.1, -0.05) is 6.42 Å². The van der Waals surface area contributed by atoms with Crippen molar-refractivity contribution in [1.29, 1.82) is 0 Å². The predicted octanol–water partition coefficient (Wildman–Crippen LogP) is 1.70. The fourth-order valence-corrected chi connectivity index (χ4v) is 5.05. The smallest absolute Gasteiger partial charge is 0.273 e. The van der Waals surface area contributed by atoms with E-state index in [1.807, 2.05) is 0 Å². The average Bonchev–Trinajstić information content (AvgIpc) is 3.40. The molecule has 1 aliphatic heterocycles. The Kier molecular flexibility index (Phi) is 4.08. The van der Waals surface area contributed by atoms with Crippen LogP contribution in [-0.4, -0.2) is 60.0 Å². The number of rotatable bonds is 4. The van der Waals surface area contributed by atoms with Crippen LogP contribution < -0.4 is 5.32 Å². The van der Waals surface area contributed by atoms with E-state index in [2.05, 4.69) is 20.3 Å². The fraction of sp³-hybridized carbons (Fsp3) is 0.722. The van der Waals surface area contributed by atoms with E-state index in [1.54, 1.807) is 0 Å². The molecule has 1 saturated heterocycles. The lowest BCUT2D eigenvalue weighted by Gasteiger charge is -2.23. The highest BCUT2D eigenvalue weighted by atomic mass is 19.3. The molecule has 28 heavy (non-hydrogen) atoms. The lowest BCUT2D eigenvalue weighted by molar-refractivity contribution is -0.153. The Morgan fingerprint density at radius 2 is 2.00 bits per heavy atom. The first-order chi connectivity index (χ1) is 13.3. The molecule has 0 radical (unpaired) electrons. The van der Waals surface area contributed by atoms with E-state index in [1.165, 1.54) is 36.5 Å². The number of aromatic nitrogens is 4. The Labute approximate surface area is 160 Å². The number of nitrogens with zero attached hydrogens (tertiary/aromatic N) is 4. The number of hydrogen-bond acceptors (Lipinski definition) is 7. The van der Waals surface area contributed by atoms with Crippen LogP contribution in [0, 0.1) is 11.8 Å². The van der Waals surface area contributed by atoms with Gasteiger partial charge in [-0.2, -0.15) is 0 Å². The van der Waals surface area contributed by atoms with Gasteiger partial charge in [-0.3, -0.25) is 4.57 Å². The van der Waals surface area contributed by atoms with Gasteiger partial charge in [0.1, 0.15) is 18.5 Å². The van der Waals surface area contributed by atoms with Crippen LogP contribution in [0.5, 0.6) is 0 Å². The molecule has 3 N–H and O–H groups in total. The number of anilines is 1. The van der Waals surface area contributed by atoms with E-state index < -0.39 is 30.5 Å². The standard InChI is InChI=1S/C18H23F2N5O3/c1-18(19,20)14-12(26)13(27)17(28-14)25-7-23-11-15(21-6-22-16(11)25)24-10-5-8-2-3-9(10)4-8/h6-10,12-14,17,26-27H,2-5H2,1H3,(H,21,22,24)/t8?,9?,10?,12-,13+,14-,17+/m0/s1. The topological polar surface area (TPSA) is 105 Å². The number of alkyl halides is 2. The lowest BCUT2D eigenvalue weighted by Crippen LogP contribution is -2.41. The molecule has 2 aromatic heterocycles. The minimum Gasteiger partial charge on any atom is -0.387 e. The Bertz CT molecular complexity index is 888. The molecular formula is C18H23F2N5O3. The Hall–Kier alpha value is -1.91. The van der Waals surface area contributed by atoms with E-state index in [-0.39, 0.29) is 0 Å². The molecule has 7 atom stereocenters. The number of hydrogen-bond donors (Lipinski definition) is 3. The minimum atomic E-state index is -3.30. The van der Waals surface area contributed by atoms with Crippen LogP contribution in [0.4, 0.5) is 14.6 Å². The van der Waals surface area contributed by atoms with Crippen molar-refractivity contribution < 1.29 is 23.7 Å². The predicted molar refractivity (Wildman–Crippen MR) is 94.7 cm³/mol. The largest absolute Gasteiger partial charge is 0.387 e. The van der Waals surface area contributed by atoms with Crippen LogP contribution in [0.25, 0.3) is 11.2 Å². The summed E-state index contributed by atoms with van der Waals surface area (Å²) in [6.45, 7) is 0.654. The first kappa shape index (κ1) is 18.1. The van der Waals surface area contributed by atoms with Crippen LogP contribution >= 0.6 is 0 Å².